The molecule has 1 aromatic carbocycles. The first kappa shape index (κ1) is 16.1. The molecule has 2 heterocycles. The van der Waals surface area contributed by atoms with Crippen LogP contribution in [0, 0.1) is 0 Å². The van der Waals surface area contributed by atoms with Crippen molar-refractivity contribution in [2.24, 2.45) is 0 Å². The molecule has 5 nitrogen and oxygen atoms in total. The number of thiazole rings is 1. The molecule has 122 valence electrons. The zero-order valence-electron chi connectivity index (χ0n) is 13.2. The van der Waals surface area contributed by atoms with Crippen molar-refractivity contribution in [2.75, 3.05) is 13.7 Å². The molecule has 2 aromatic heterocycles. The maximum atomic E-state index is 11.9. The summed E-state index contributed by atoms with van der Waals surface area (Å²) in [5.74, 6) is 0.711. The maximum absolute atomic E-state index is 11.9. The number of ether oxygens (including phenoxy) is 1. The number of nitrogens with zero attached hydrogens (tertiary/aromatic N) is 2. The Hall–Kier alpha value is -2.73. The van der Waals surface area contributed by atoms with E-state index in [0.717, 1.165) is 22.0 Å². The second-order valence-electron chi connectivity index (χ2n) is 5.12. The lowest BCUT2D eigenvalue weighted by molar-refractivity contribution is 0.0953. The lowest BCUT2D eigenvalue weighted by Gasteiger charge is -2.03. The van der Waals surface area contributed by atoms with Gasteiger partial charge in [-0.25, -0.2) is 4.98 Å². The van der Waals surface area contributed by atoms with Crippen LogP contribution in [0.2, 0.25) is 0 Å². The van der Waals surface area contributed by atoms with Gasteiger partial charge in [0.15, 0.2) is 0 Å². The van der Waals surface area contributed by atoms with E-state index in [2.05, 4.69) is 15.3 Å². The van der Waals surface area contributed by atoms with E-state index in [1.165, 1.54) is 0 Å². The number of nitrogens with one attached hydrogen (secondary N) is 1. The third-order valence-electron chi connectivity index (χ3n) is 3.48. The highest BCUT2D eigenvalue weighted by atomic mass is 32.1. The van der Waals surface area contributed by atoms with Crippen molar-refractivity contribution in [3.8, 4) is 16.3 Å². The molecule has 0 spiro atoms. The number of aromatic nitrogens is 2. The van der Waals surface area contributed by atoms with E-state index >= 15 is 0 Å². The highest BCUT2D eigenvalue weighted by Gasteiger charge is 2.07. The molecule has 1 N–H and O–H groups in total. The summed E-state index contributed by atoms with van der Waals surface area (Å²) in [5.41, 5.74) is 2.60. The van der Waals surface area contributed by atoms with Crippen LogP contribution in [0.1, 0.15) is 16.1 Å². The van der Waals surface area contributed by atoms with Gasteiger partial charge in [0.1, 0.15) is 10.8 Å². The van der Waals surface area contributed by atoms with Gasteiger partial charge in [0, 0.05) is 36.3 Å². The molecule has 0 aliphatic rings. The number of carbonyl (C=O) groups excluding carboxylic acids is 1. The predicted octanol–water partition coefficient (Wildman–Crippen LogP) is 3.19. The molecule has 0 bridgehead atoms. The van der Waals surface area contributed by atoms with Crippen molar-refractivity contribution in [3.63, 3.8) is 0 Å². The highest BCUT2D eigenvalue weighted by molar-refractivity contribution is 7.13. The van der Waals surface area contributed by atoms with Crippen molar-refractivity contribution in [1.82, 2.24) is 15.3 Å². The van der Waals surface area contributed by atoms with Gasteiger partial charge in [0.05, 0.1) is 18.4 Å². The third-order valence-corrected chi connectivity index (χ3v) is 4.42. The summed E-state index contributed by atoms with van der Waals surface area (Å²) in [6.45, 7) is 0.541. The maximum Gasteiger partial charge on any atom is 0.252 e. The van der Waals surface area contributed by atoms with Gasteiger partial charge >= 0.3 is 0 Å². The SMILES string of the molecule is COc1ccc(-c2nc(CCNC(=O)c3cccnc3)cs2)cc1. The zero-order valence-corrected chi connectivity index (χ0v) is 14.0. The number of rotatable bonds is 6. The fraction of sp³-hybridized carbons (Fsp3) is 0.167. The minimum Gasteiger partial charge on any atom is -0.497 e. The van der Waals surface area contributed by atoms with Crippen LogP contribution in [0.5, 0.6) is 5.75 Å². The van der Waals surface area contributed by atoms with Gasteiger partial charge in [-0.2, -0.15) is 0 Å². The molecule has 0 aliphatic heterocycles. The monoisotopic (exact) mass is 339 g/mol. The molecule has 3 rings (SSSR count). The van der Waals surface area contributed by atoms with E-state index in [0.29, 0.717) is 18.5 Å². The first-order chi connectivity index (χ1) is 11.8. The number of hydrogen-bond acceptors (Lipinski definition) is 5. The lowest BCUT2D eigenvalue weighted by Crippen LogP contribution is -2.25. The summed E-state index contributed by atoms with van der Waals surface area (Å²) in [6, 6.07) is 11.3. The Morgan fingerprint density at radius 1 is 1.25 bits per heavy atom. The summed E-state index contributed by atoms with van der Waals surface area (Å²) in [7, 11) is 1.65. The van der Waals surface area contributed by atoms with E-state index in [4.69, 9.17) is 4.74 Å². The Balaban J connectivity index is 1.55. The molecule has 0 saturated heterocycles. The average molecular weight is 339 g/mol. The van der Waals surface area contributed by atoms with Gasteiger partial charge in [-0.05, 0) is 36.4 Å². The number of amides is 1. The molecule has 0 atom stereocenters. The van der Waals surface area contributed by atoms with Crippen LogP contribution >= 0.6 is 11.3 Å². The number of carbonyl (C=O) groups is 1. The van der Waals surface area contributed by atoms with Crippen LogP contribution in [0.15, 0.2) is 54.2 Å². The third kappa shape index (κ3) is 3.97. The van der Waals surface area contributed by atoms with Gasteiger partial charge in [-0.1, -0.05) is 0 Å². The Bertz CT molecular complexity index is 801. The van der Waals surface area contributed by atoms with Crippen LogP contribution in [0.25, 0.3) is 10.6 Å². The Kier molecular flexibility index (Phi) is 5.18. The first-order valence-corrected chi connectivity index (χ1v) is 8.41. The molecule has 6 heteroatoms. The standard InChI is InChI=1S/C18H17N3O2S/c1-23-16-6-4-13(5-7-16)18-21-15(12-24-18)8-10-20-17(22)14-3-2-9-19-11-14/h2-7,9,11-12H,8,10H2,1H3,(H,20,22). The van der Waals surface area contributed by atoms with Crippen molar-refractivity contribution in [1.29, 1.82) is 0 Å². The number of methoxy groups -OCH3 is 1. The van der Waals surface area contributed by atoms with Gasteiger partial charge < -0.3 is 10.1 Å². The Labute approximate surface area is 144 Å². The molecule has 24 heavy (non-hydrogen) atoms. The van der Waals surface area contributed by atoms with Crippen molar-refractivity contribution >= 4 is 17.2 Å². The second kappa shape index (κ2) is 7.70. The molecule has 0 saturated carbocycles. The summed E-state index contributed by atoms with van der Waals surface area (Å²) >= 11 is 1.60. The van der Waals surface area contributed by atoms with Gasteiger partial charge in [0.2, 0.25) is 0 Å². The molecular formula is C18H17N3O2S. The van der Waals surface area contributed by atoms with Gasteiger partial charge in [-0.15, -0.1) is 11.3 Å². The minimum absolute atomic E-state index is 0.117. The number of hydrogen-bond donors (Lipinski definition) is 1. The normalized spacial score (nSPS) is 10.4. The van der Waals surface area contributed by atoms with Crippen LogP contribution < -0.4 is 10.1 Å². The molecule has 0 aliphatic carbocycles. The summed E-state index contributed by atoms with van der Waals surface area (Å²) in [4.78, 5) is 20.5. The molecule has 3 aromatic rings. The molecule has 0 unspecified atom stereocenters. The van der Waals surface area contributed by atoms with Crippen LogP contribution in [-0.2, 0) is 6.42 Å². The molecule has 1 amide bonds. The quantitative estimate of drug-likeness (QED) is 0.749. The fourth-order valence-electron chi connectivity index (χ4n) is 2.19. The van der Waals surface area contributed by atoms with E-state index in [9.17, 15) is 4.79 Å². The molecule has 0 fully saturated rings. The Morgan fingerprint density at radius 2 is 2.08 bits per heavy atom. The number of benzene rings is 1. The van der Waals surface area contributed by atoms with E-state index in [-0.39, 0.29) is 5.91 Å². The zero-order chi connectivity index (χ0) is 16.8. The summed E-state index contributed by atoms with van der Waals surface area (Å²) in [6.07, 6.45) is 3.89. The van der Waals surface area contributed by atoms with Crippen molar-refractivity contribution < 1.29 is 9.53 Å². The topological polar surface area (TPSA) is 64.1 Å². The van der Waals surface area contributed by atoms with Gasteiger partial charge in [-0.3, -0.25) is 9.78 Å². The van der Waals surface area contributed by atoms with Crippen LogP contribution in [0.3, 0.4) is 0 Å². The molecule has 0 radical (unpaired) electrons. The average Bonchev–Trinajstić information content (AvgIpc) is 3.11. The van der Waals surface area contributed by atoms with E-state index < -0.39 is 0 Å². The largest absolute Gasteiger partial charge is 0.497 e. The van der Waals surface area contributed by atoms with Gasteiger partial charge in [0.25, 0.3) is 5.91 Å². The highest BCUT2D eigenvalue weighted by Crippen LogP contribution is 2.25. The van der Waals surface area contributed by atoms with E-state index in [1.807, 2.05) is 29.6 Å². The van der Waals surface area contributed by atoms with Crippen molar-refractivity contribution in [3.05, 3.63) is 65.4 Å². The second-order valence-corrected chi connectivity index (χ2v) is 5.98. The lowest BCUT2D eigenvalue weighted by atomic mass is 10.2. The van der Waals surface area contributed by atoms with Crippen LogP contribution in [-0.4, -0.2) is 29.5 Å². The minimum atomic E-state index is -0.117. The Morgan fingerprint density at radius 3 is 2.79 bits per heavy atom. The smallest absolute Gasteiger partial charge is 0.252 e. The summed E-state index contributed by atoms with van der Waals surface area (Å²) < 4.78 is 5.16. The summed E-state index contributed by atoms with van der Waals surface area (Å²) in [5, 5.41) is 5.87. The van der Waals surface area contributed by atoms with Crippen LogP contribution in [0.4, 0.5) is 0 Å². The molecular weight excluding hydrogens is 322 g/mol. The first-order valence-electron chi connectivity index (χ1n) is 7.53. The predicted molar refractivity (Wildman–Crippen MR) is 94.4 cm³/mol. The van der Waals surface area contributed by atoms with Crippen molar-refractivity contribution in [2.45, 2.75) is 6.42 Å². The van der Waals surface area contributed by atoms with E-state index in [1.54, 1.807) is 43.0 Å². The fourth-order valence-corrected chi connectivity index (χ4v) is 3.05. The number of pyridine rings is 1.